The first-order chi connectivity index (χ1) is 17.2. The third-order valence-electron chi connectivity index (χ3n) is 6.23. The van der Waals surface area contributed by atoms with Crippen molar-refractivity contribution in [3.05, 3.63) is 84.3 Å². The molecule has 180 valence electrons. The van der Waals surface area contributed by atoms with Crippen molar-refractivity contribution in [2.24, 2.45) is 0 Å². The van der Waals surface area contributed by atoms with Crippen molar-refractivity contribution in [1.82, 2.24) is 14.5 Å². The van der Waals surface area contributed by atoms with Gasteiger partial charge in [0.15, 0.2) is 23.0 Å². The zero-order chi connectivity index (χ0) is 24.2. The lowest BCUT2D eigenvalue weighted by atomic mass is 10.00. The molecule has 0 saturated carbocycles. The summed E-state index contributed by atoms with van der Waals surface area (Å²) in [7, 11) is 4.98. The number of ether oxygens (including phenoxy) is 4. The molecule has 0 saturated heterocycles. The monoisotopic (exact) mass is 471 g/mol. The lowest BCUT2D eigenvalue weighted by Gasteiger charge is -2.21. The van der Waals surface area contributed by atoms with Crippen molar-refractivity contribution < 1.29 is 18.9 Å². The van der Waals surface area contributed by atoms with Gasteiger partial charge >= 0.3 is 0 Å². The molecule has 7 heteroatoms. The summed E-state index contributed by atoms with van der Waals surface area (Å²) >= 11 is 0. The standard InChI is InChI=1S/C28H29N3O4/c1-32-24-10-6-9-23(28(24)34-3)20-16-21-18-30(14-15-35-27(21)25(17-20)33-2)19-22-8-7-13-31(22)26-11-4-5-12-29-26/h4-13,16-17H,14-15,18-19H2,1-3H3. The van der Waals surface area contributed by atoms with Crippen molar-refractivity contribution in [2.75, 3.05) is 34.5 Å². The average molecular weight is 472 g/mol. The molecule has 1 aliphatic heterocycles. The molecule has 0 unspecified atom stereocenters. The first kappa shape index (κ1) is 22.8. The Bertz CT molecular complexity index is 1300. The van der Waals surface area contributed by atoms with Gasteiger partial charge < -0.3 is 23.5 Å². The molecule has 2 aromatic heterocycles. The SMILES string of the molecule is COc1cc(-c2cccc(OC)c2OC)cc2c1OCCN(Cc1cccn1-c1ccccn1)C2. The summed E-state index contributed by atoms with van der Waals surface area (Å²) in [5.74, 6) is 3.79. The molecule has 4 aromatic rings. The van der Waals surface area contributed by atoms with Gasteiger partial charge in [0.25, 0.3) is 0 Å². The number of methoxy groups -OCH3 is 3. The van der Waals surface area contributed by atoms with Gasteiger partial charge in [0.1, 0.15) is 12.4 Å². The molecule has 0 bridgehead atoms. The number of nitrogens with zero attached hydrogens (tertiary/aromatic N) is 3. The summed E-state index contributed by atoms with van der Waals surface area (Å²) in [4.78, 5) is 6.89. The van der Waals surface area contributed by atoms with E-state index in [1.165, 1.54) is 5.69 Å². The van der Waals surface area contributed by atoms with Crippen LogP contribution in [0.4, 0.5) is 0 Å². The highest BCUT2D eigenvalue weighted by Crippen LogP contribution is 2.43. The second kappa shape index (κ2) is 10.1. The number of rotatable bonds is 7. The van der Waals surface area contributed by atoms with E-state index >= 15 is 0 Å². The quantitative estimate of drug-likeness (QED) is 0.380. The molecule has 0 aliphatic carbocycles. The van der Waals surface area contributed by atoms with Gasteiger partial charge in [-0.15, -0.1) is 0 Å². The van der Waals surface area contributed by atoms with E-state index in [0.717, 1.165) is 47.9 Å². The van der Waals surface area contributed by atoms with E-state index in [4.69, 9.17) is 18.9 Å². The van der Waals surface area contributed by atoms with Crippen LogP contribution in [-0.4, -0.2) is 48.9 Å². The van der Waals surface area contributed by atoms with Crippen LogP contribution < -0.4 is 18.9 Å². The van der Waals surface area contributed by atoms with E-state index < -0.39 is 0 Å². The van der Waals surface area contributed by atoms with Gasteiger partial charge in [-0.3, -0.25) is 4.90 Å². The van der Waals surface area contributed by atoms with Gasteiger partial charge in [-0.2, -0.15) is 0 Å². The van der Waals surface area contributed by atoms with Crippen molar-refractivity contribution in [2.45, 2.75) is 13.1 Å². The predicted molar refractivity (Wildman–Crippen MR) is 135 cm³/mol. The second-order valence-electron chi connectivity index (χ2n) is 8.32. The molecule has 0 spiro atoms. The lowest BCUT2D eigenvalue weighted by molar-refractivity contribution is 0.214. The normalized spacial score (nSPS) is 13.5. The van der Waals surface area contributed by atoms with E-state index in [-0.39, 0.29) is 0 Å². The van der Waals surface area contributed by atoms with E-state index in [1.807, 2.05) is 48.7 Å². The highest BCUT2D eigenvalue weighted by atomic mass is 16.5. The molecular formula is C28H29N3O4. The molecule has 2 aromatic carbocycles. The highest BCUT2D eigenvalue weighted by molar-refractivity contribution is 5.77. The van der Waals surface area contributed by atoms with Crippen LogP contribution in [0.2, 0.25) is 0 Å². The molecule has 1 aliphatic rings. The number of hydrogen-bond donors (Lipinski definition) is 0. The zero-order valence-corrected chi connectivity index (χ0v) is 20.2. The second-order valence-corrected chi connectivity index (χ2v) is 8.32. The van der Waals surface area contributed by atoms with E-state index in [9.17, 15) is 0 Å². The number of pyridine rings is 1. The van der Waals surface area contributed by atoms with Crippen LogP contribution >= 0.6 is 0 Å². The van der Waals surface area contributed by atoms with Crippen molar-refractivity contribution >= 4 is 0 Å². The van der Waals surface area contributed by atoms with Crippen LogP contribution in [0.3, 0.4) is 0 Å². The van der Waals surface area contributed by atoms with Crippen molar-refractivity contribution in [3.63, 3.8) is 0 Å². The first-order valence-corrected chi connectivity index (χ1v) is 11.6. The molecule has 3 heterocycles. The van der Waals surface area contributed by atoms with E-state index in [1.54, 1.807) is 21.3 Å². The topological polar surface area (TPSA) is 58.0 Å². The van der Waals surface area contributed by atoms with Gasteiger partial charge in [0, 0.05) is 48.8 Å². The zero-order valence-electron chi connectivity index (χ0n) is 20.2. The van der Waals surface area contributed by atoms with E-state index in [2.05, 4.69) is 38.8 Å². The Morgan fingerprint density at radius 2 is 1.80 bits per heavy atom. The van der Waals surface area contributed by atoms with Gasteiger partial charge in [-0.05, 0) is 48.0 Å². The Kier molecular flexibility index (Phi) is 6.59. The minimum atomic E-state index is 0.579. The molecule has 0 N–H and O–H groups in total. The summed E-state index contributed by atoms with van der Waals surface area (Å²) < 4.78 is 25.3. The fraction of sp³-hybridized carbons (Fsp3) is 0.250. The van der Waals surface area contributed by atoms with Gasteiger partial charge in [0.2, 0.25) is 0 Å². The molecule has 0 atom stereocenters. The van der Waals surface area contributed by atoms with Crippen LogP contribution in [0.5, 0.6) is 23.0 Å². The third-order valence-corrected chi connectivity index (χ3v) is 6.23. The van der Waals surface area contributed by atoms with E-state index in [0.29, 0.717) is 23.9 Å². The molecule has 7 nitrogen and oxygen atoms in total. The maximum Gasteiger partial charge on any atom is 0.168 e. The molecule has 0 radical (unpaired) electrons. The molecule has 5 rings (SSSR count). The first-order valence-electron chi connectivity index (χ1n) is 11.6. The van der Waals surface area contributed by atoms with Gasteiger partial charge in [-0.25, -0.2) is 4.98 Å². The Labute approximate surface area is 205 Å². The fourth-order valence-corrected chi connectivity index (χ4v) is 4.59. The van der Waals surface area contributed by atoms with Crippen LogP contribution in [0.1, 0.15) is 11.3 Å². The Morgan fingerprint density at radius 3 is 2.57 bits per heavy atom. The number of para-hydroxylation sites is 1. The molecule has 0 amide bonds. The maximum atomic E-state index is 6.19. The molecule has 35 heavy (non-hydrogen) atoms. The minimum Gasteiger partial charge on any atom is -0.493 e. The van der Waals surface area contributed by atoms with Gasteiger partial charge in [-0.1, -0.05) is 18.2 Å². The number of aromatic nitrogens is 2. The minimum absolute atomic E-state index is 0.579. The summed E-state index contributed by atoms with van der Waals surface area (Å²) in [6.45, 7) is 2.86. The van der Waals surface area contributed by atoms with Gasteiger partial charge in [0.05, 0.1) is 21.3 Å². The molecular weight excluding hydrogens is 442 g/mol. The number of hydrogen-bond acceptors (Lipinski definition) is 6. The summed E-state index contributed by atoms with van der Waals surface area (Å²) in [5.41, 5.74) is 4.16. The lowest BCUT2D eigenvalue weighted by Crippen LogP contribution is -2.26. The maximum absolute atomic E-state index is 6.19. The number of fused-ring (bicyclic) bond motifs is 1. The Hall–Kier alpha value is -3.97. The average Bonchev–Trinajstić information content (AvgIpc) is 3.26. The van der Waals surface area contributed by atoms with Crippen LogP contribution in [0.25, 0.3) is 16.9 Å². The summed E-state index contributed by atoms with van der Waals surface area (Å²) in [6.07, 6.45) is 3.87. The van der Waals surface area contributed by atoms with Crippen LogP contribution in [0.15, 0.2) is 73.1 Å². The van der Waals surface area contributed by atoms with Crippen molar-refractivity contribution in [3.8, 4) is 39.9 Å². The summed E-state index contributed by atoms with van der Waals surface area (Å²) in [6, 6.07) is 20.2. The third kappa shape index (κ3) is 4.55. The summed E-state index contributed by atoms with van der Waals surface area (Å²) in [5, 5.41) is 0. The molecule has 0 fully saturated rings. The van der Waals surface area contributed by atoms with Crippen molar-refractivity contribution in [1.29, 1.82) is 0 Å². The van der Waals surface area contributed by atoms with Crippen LogP contribution in [0, 0.1) is 0 Å². The Morgan fingerprint density at radius 1 is 0.914 bits per heavy atom. The Balaban J connectivity index is 1.49. The fourth-order valence-electron chi connectivity index (χ4n) is 4.59. The van der Waals surface area contributed by atoms with Crippen LogP contribution in [-0.2, 0) is 13.1 Å². The smallest absolute Gasteiger partial charge is 0.168 e. The predicted octanol–water partition coefficient (Wildman–Crippen LogP) is 4.96. The highest BCUT2D eigenvalue weighted by Gasteiger charge is 2.23. The largest absolute Gasteiger partial charge is 0.493 e. The number of benzene rings is 2.